The van der Waals surface area contributed by atoms with E-state index in [4.69, 9.17) is 0 Å². The maximum Gasteiger partial charge on any atom is 0.250 e. The first-order valence-electron chi connectivity index (χ1n) is 12.5. The van der Waals surface area contributed by atoms with Crippen LogP contribution in [-0.2, 0) is 11.3 Å². The van der Waals surface area contributed by atoms with E-state index in [-0.39, 0.29) is 11.5 Å². The Morgan fingerprint density at radius 1 is 0.853 bits per heavy atom. The van der Waals surface area contributed by atoms with Gasteiger partial charge in [-0.25, -0.2) is 0 Å². The Morgan fingerprint density at radius 3 is 2.47 bits per heavy atom. The maximum atomic E-state index is 12.7. The number of fused-ring (bicyclic) bond motifs is 4. The predicted molar refractivity (Wildman–Crippen MR) is 136 cm³/mol. The SMILES string of the molecule is O=C(C=CCN1CC2CC(C1)c1cccc(=O)n1C2)N1CCN(CC=Cc2ccccc2)CC1. The molecule has 2 aromatic rings. The number of hydrogen-bond donors (Lipinski definition) is 0. The van der Waals surface area contributed by atoms with Crippen LogP contribution in [0.1, 0.15) is 23.6 Å². The highest BCUT2D eigenvalue weighted by molar-refractivity contribution is 5.87. The zero-order chi connectivity index (χ0) is 23.3. The Morgan fingerprint density at radius 2 is 1.65 bits per heavy atom. The van der Waals surface area contributed by atoms with Crippen molar-refractivity contribution in [3.63, 3.8) is 0 Å². The zero-order valence-electron chi connectivity index (χ0n) is 19.8. The van der Waals surface area contributed by atoms with Crippen molar-refractivity contribution in [2.75, 3.05) is 52.4 Å². The van der Waals surface area contributed by atoms with Crippen molar-refractivity contribution in [3.8, 4) is 0 Å². The van der Waals surface area contributed by atoms with Crippen LogP contribution in [0.2, 0.25) is 0 Å². The molecule has 178 valence electrons. The Kier molecular flexibility index (Phi) is 7.07. The molecule has 0 saturated carbocycles. The molecule has 0 N–H and O–H groups in total. The lowest BCUT2D eigenvalue weighted by Crippen LogP contribution is -2.48. The van der Waals surface area contributed by atoms with Gasteiger partial charge in [-0.1, -0.05) is 54.6 Å². The monoisotopic (exact) mass is 458 g/mol. The number of piperazine rings is 1. The van der Waals surface area contributed by atoms with Crippen molar-refractivity contribution in [2.24, 2.45) is 5.92 Å². The molecule has 2 atom stereocenters. The van der Waals surface area contributed by atoms with E-state index in [9.17, 15) is 9.59 Å². The molecule has 3 aliphatic rings. The van der Waals surface area contributed by atoms with Crippen LogP contribution in [0.15, 0.2) is 71.6 Å². The lowest BCUT2D eigenvalue weighted by molar-refractivity contribution is -0.127. The van der Waals surface area contributed by atoms with Crippen LogP contribution in [0.25, 0.3) is 6.08 Å². The van der Waals surface area contributed by atoms with E-state index in [2.05, 4.69) is 52.3 Å². The third-order valence-electron chi connectivity index (χ3n) is 7.34. The number of hydrogen-bond acceptors (Lipinski definition) is 4. The van der Waals surface area contributed by atoms with E-state index < -0.39 is 0 Å². The average Bonchev–Trinajstić information content (AvgIpc) is 2.86. The predicted octanol–water partition coefficient (Wildman–Crippen LogP) is 2.68. The second-order valence-electron chi connectivity index (χ2n) is 9.76. The van der Waals surface area contributed by atoms with Crippen molar-refractivity contribution >= 4 is 12.0 Å². The zero-order valence-corrected chi connectivity index (χ0v) is 19.8. The first-order chi connectivity index (χ1) is 16.7. The third-order valence-corrected chi connectivity index (χ3v) is 7.34. The molecule has 0 aliphatic carbocycles. The molecule has 2 fully saturated rings. The smallest absolute Gasteiger partial charge is 0.250 e. The number of aromatic nitrogens is 1. The molecule has 5 rings (SSSR count). The number of nitrogens with zero attached hydrogens (tertiary/aromatic N) is 4. The topological polar surface area (TPSA) is 48.8 Å². The van der Waals surface area contributed by atoms with Crippen LogP contribution < -0.4 is 5.56 Å². The number of rotatable bonds is 6. The van der Waals surface area contributed by atoms with Gasteiger partial charge in [0, 0.05) is 82.7 Å². The van der Waals surface area contributed by atoms with Gasteiger partial charge in [0.1, 0.15) is 0 Å². The second-order valence-corrected chi connectivity index (χ2v) is 9.76. The van der Waals surface area contributed by atoms with Gasteiger partial charge in [0.2, 0.25) is 5.91 Å². The molecule has 0 spiro atoms. The maximum absolute atomic E-state index is 12.7. The molecule has 2 unspecified atom stereocenters. The summed E-state index contributed by atoms with van der Waals surface area (Å²) < 4.78 is 1.96. The number of amides is 1. The van der Waals surface area contributed by atoms with E-state index in [1.807, 2.05) is 27.7 Å². The molecule has 1 amide bonds. The van der Waals surface area contributed by atoms with Crippen LogP contribution in [0, 0.1) is 5.92 Å². The summed E-state index contributed by atoms with van der Waals surface area (Å²) in [6, 6.07) is 16.0. The minimum absolute atomic E-state index is 0.119. The Hall–Kier alpha value is -2.96. The van der Waals surface area contributed by atoms with Crippen LogP contribution >= 0.6 is 0 Å². The fourth-order valence-corrected chi connectivity index (χ4v) is 5.61. The number of pyridine rings is 1. The molecule has 3 aliphatic heterocycles. The van der Waals surface area contributed by atoms with Crippen molar-refractivity contribution < 1.29 is 4.79 Å². The first-order valence-corrected chi connectivity index (χ1v) is 12.5. The molecule has 4 heterocycles. The number of carbonyl (C=O) groups is 1. The molecular formula is C28H34N4O2. The second kappa shape index (κ2) is 10.5. The standard InChI is InChI=1S/C28H34N4O2/c33-27(31-17-15-29(16-18-31)13-5-9-23-7-2-1-3-8-23)12-6-14-30-20-24-19-25(22-30)26-10-4-11-28(34)32(26)21-24/h1-12,24-25H,13-22H2. The van der Waals surface area contributed by atoms with Gasteiger partial charge in [-0.15, -0.1) is 0 Å². The first kappa shape index (κ1) is 22.8. The quantitative estimate of drug-likeness (QED) is 0.625. The van der Waals surface area contributed by atoms with Crippen molar-refractivity contribution in [1.82, 2.24) is 19.3 Å². The molecule has 6 heteroatoms. The van der Waals surface area contributed by atoms with Gasteiger partial charge in [0.25, 0.3) is 5.56 Å². The number of carbonyl (C=O) groups excluding carboxylic acids is 1. The molecule has 2 bridgehead atoms. The average molecular weight is 459 g/mol. The summed E-state index contributed by atoms with van der Waals surface area (Å²) in [5.74, 6) is 1.04. The molecule has 1 aromatic carbocycles. The Labute approximate surface area is 201 Å². The van der Waals surface area contributed by atoms with Crippen molar-refractivity contribution in [2.45, 2.75) is 18.9 Å². The summed E-state index contributed by atoms with van der Waals surface area (Å²) in [4.78, 5) is 31.7. The fourth-order valence-electron chi connectivity index (χ4n) is 5.61. The van der Waals surface area contributed by atoms with E-state index in [1.165, 1.54) is 11.3 Å². The summed E-state index contributed by atoms with van der Waals surface area (Å²) >= 11 is 0. The van der Waals surface area contributed by atoms with E-state index in [1.54, 1.807) is 12.1 Å². The number of benzene rings is 1. The van der Waals surface area contributed by atoms with Crippen molar-refractivity contribution in [3.05, 3.63) is 88.4 Å². The molecule has 2 saturated heterocycles. The lowest BCUT2D eigenvalue weighted by atomic mass is 9.83. The number of piperidine rings is 1. The number of likely N-dealkylation sites (tertiary alicyclic amines) is 1. The minimum atomic E-state index is 0.119. The molecule has 1 aromatic heterocycles. The highest BCUT2D eigenvalue weighted by atomic mass is 16.2. The normalized spacial score (nSPS) is 23.5. The van der Waals surface area contributed by atoms with Gasteiger partial charge in [0.05, 0.1) is 0 Å². The minimum Gasteiger partial charge on any atom is -0.337 e. The van der Waals surface area contributed by atoms with E-state index in [0.29, 0.717) is 11.8 Å². The lowest BCUT2D eigenvalue weighted by Gasteiger charge is -2.42. The van der Waals surface area contributed by atoms with Gasteiger partial charge in [-0.3, -0.25) is 19.4 Å². The summed E-state index contributed by atoms with van der Waals surface area (Å²) in [5.41, 5.74) is 2.51. The largest absolute Gasteiger partial charge is 0.337 e. The Balaban J connectivity index is 1.06. The van der Waals surface area contributed by atoms with Crippen LogP contribution in [-0.4, -0.2) is 77.5 Å². The molecule has 6 nitrogen and oxygen atoms in total. The summed E-state index contributed by atoms with van der Waals surface area (Å²) in [7, 11) is 0. The Bertz CT molecular complexity index is 1100. The third kappa shape index (κ3) is 5.40. The van der Waals surface area contributed by atoms with Crippen molar-refractivity contribution in [1.29, 1.82) is 0 Å². The van der Waals surface area contributed by atoms with Crippen LogP contribution in [0.3, 0.4) is 0 Å². The summed E-state index contributed by atoms with van der Waals surface area (Å²) in [5, 5.41) is 0. The summed E-state index contributed by atoms with van der Waals surface area (Å²) in [6.45, 7) is 7.84. The highest BCUT2D eigenvalue weighted by Gasteiger charge is 2.33. The van der Waals surface area contributed by atoms with Gasteiger partial charge >= 0.3 is 0 Å². The molecular weight excluding hydrogens is 424 g/mol. The molecule has 0 radical (unpaired) electrons. The van der Waals surface area contributed by atoms with Gasteiger partial charge < -0.3 is 9.47 Å². The molecule has 34 heavy (non-hydrogen) atoms. The van der Waals surface area contributed by atoms with E-state index in [0.717, 1.165) is 65.3 Å². The highest BCUT2D eigenvalue weighted by Crippen LogP contribution is 2.34. The van der Waals surface area contributed by atoms with Gasteiger partial charge in [-0.2, -0.15) is 0 Å². The van der Waals surface area contributed by atoms with Gasteiger partial charge in [-0.05, 0) is 24.0 Å². The van der Waals surface area contributed by atoms with Crippen LogP contribution in [0.5, 0.6) is 0 Å². The van der Waals surface area contributed by atoms with E-state index >= 15 is 0 Å². The van der Waals surface area contributed by atoms with Gasteiger partial charge in [0.15, 0.2) is 0 Å². The van der Waals surface area contributed by atoms with Crippen LogP contribution in [0.4, 0.5) is 0 Å². The fraction of sp³-hybridized carbons (Fsp3) is 0.429. The summed E-state index contributed by atoms with van der Waals surface area (Å²) in [6.07, 6.45) is 9.30.